The summed E-state index contributed by atoms with van der Waals surface area (Å²) in [4.78, 5) is 35.4. The lowest BCUT2D eigenvalue weighted by Crippen LogP contribution is -2.43. The minimum Gasteiger partial charge on any atom is -0.467 e. The topological polar surface area (TPSA) is 108 Å². The first-order valence-electron chi connectivity index (χ1n) is 8.31. The Balaban J connectivity index is 1.93. The lowest BCUT2D eigenvalue weighted by atomic mass is 10.2. The van der Waals surface area contributed by atoms with Gasteiger partial charge in [-0.15, -0.1) is 23.1 Å². The van der Waals surface area contributed by atoms with Gasteiger partial charge < -0.3 is 14.8 Å². The molecule has 1 aromatic heterocycles. The van der Waals surface area contributed by atoms with Gasteiger partial charge in [-0.3, -0.25) is 10.1 Å². The second-order valence-corrected chi connectivity index (χ2v) is 7.85. The normalized spacial score (nSPS) is 12.6. The summed E-state index contributed by atoms with van der Waals surface area (Å²) in [5.41, 5.74) is 0.811. The number of benzene rings is 1. The van der Waals surface area contributed by atoms with Crippen LogP contribution < -0.4 is 5.32 Å². The number of hydrogen-bond acceptors (Lipinski definition) is 8. The van der Waals surface area contributed by atoms with Crippen molar-refractivity contribution < 1.29 is 24.0 Å². The van der Waals surface area contributed by atoms with Crippen molar-refractivity contribution in [3.8, 4) is 0 Å². The first kappa shape index (κ1) is 21.7. The van der Waals surface area contributed by atoms with Gasteiger partial charge in [-0.2, -0.15) is 0 Å². The van der Waals surface area contributed by atoms with Gasteiger partial charge in [0, 0.05) is 15.6 Å². The number of nitro groups is 1. The molecule has 2 atom stereocenters. The summed E-state index contributed by atoms with van der Waals surface area (Å²) in [7, 11) is 1.21. The number of nitrogens with one attached hydrogen (secondary N) is 1. The molecule has 1 unspecified atom stereocenters. The molecule has 150 valence electrons. The molecule has 2 rings (SSSR count). The highest BCUT2D eigenvalue weighted by atomic mass is 32.2. The Kier molecular flexibility index (Phi) is 8.76. The molecule has 0 saturated heterocycles. The average molecular weight is 425 g/mol. The molecule has 10 heteroatoms. The maximum atomic E-state index is 12.0. The molecule has 1 N–H and O–H groups in total. The SMILES string of the molecule is COC(=O)[C@H](CSC(C[N+](=O)[O-])c1cccs1)NC(=O)OCc1ccccc1. The van der Waals surface area contributed by atoms with Crippen LogP contribution in [0, 0.1) is 10.1 Å². The molecule has 0 aliphatic heterocycles. The first-order valence-corrected chi connectivity index (χ1v) is 10.2. The summed E-state index contributed by atoms with van der Waals surface area (Å²) in [6.45, 7) is -0.218. The van der Waals surface area contributed by atoms with Crippen LogP contribution in [0.15, 0.2) is 47.8 Å². The van der Waals surface area contributed by atoms with E-state index in [-0.39, 0.29) is 18.9 Å². The monoisotopic (exact) mass is 424 g/mol. The van der Waals surface area contributed by atoms with Crippen molar-refractivity contribution in [2.75, 3.05) is 19.4 Å². The van der Waals surface area contributed by atoms with Gasteiger partial charge in [-0.1, -0.05) is 36.4 Å². The van der Waals surface area contributed by atoms with E-state index < -0.39 is 28.3 Å². The molecular weight excluding hydrogens is 404 g/mol. The van der Waals surface area contributed by atoms with Gasteiger partial charge in [0.1, 0.15) is 17.9 Å². The molecular formula is C18H20N2O6S2. The lowest BCUT2D eigenvalue weighted by Gasteiger charge is -2.18. The molecule has 1 aromatic carbocycles. The van der Waals surface area contributed by atoms with Crippen molar-refractivity contribution in [1.29, 1.82) is 0 Å². The van der Waals surface area contributed by atoms with E-state index in [4.69, 9.17) is 9.47 Å². The largest absolute Gasteiger partial charge is 0.467 e. The van der Waals surface area contributed by atoms with E-state index in [9.17, 15) is 19.7 Å². The zero-order valence-corrected chi connectivity index (χ0v) is 16.7. The van der Waals surface area contributed by atoms with E-state index >= 15 is 0 Å². The molecule has 0 fully saturated rings. The first-order chi connectivity index (χ1) is 13.5. The summed E-state index contributed by atoms with van der Waals surface area (Å²) in [5, 5.41) is 14.8. The second kappa shape index (κ2) is 11.3. The Bertz CT molecular complexity index is 770. The van der Waals surface area contributed by atoms with Crippen molar-refractivity contribution in [2.45, 2.75) is 17.9 Å². The zero-order valence-electron chi connectivity index (χ0n) is 15.1. The average Bonchev–Trinajstić information content (AvgIpc) is 3.23. The van der Waals surface area contributed by atoms with E-state index in [2.05, 4.69) is 5.32 Å². The number of methoxy groups -OCH3 is 1. The van der Waals surface area contributed by atoms with Gasteiger partial charge in [0.15, 0.2) is 0 Å². The minimum absolute atomic E-state index is 0.0624. The van der Waals surface area contributed by atoms with E-state index in [0.717, 1.165) is 10.4 Å². The van der Waals surface area contributed by atoms with Crippen molar-refractivity contribution >= 4 is 35.2 Å². The summed E-state index contributed by atoms with van der Waals surface area (Å²) in [6, 6.07) is 11.8. The van der Waals surface area contributed by atoms with Gasteiger partial charge in [0.05, 0.1) is 7.11 Å². The molecule has 0 aliphatic rings. The Labute approximate surface area is 170 Å². The van der Waals surface area contributed by atoms with Crippen LogP contribution in [0.3, 0.4) is 0 Å². The zero-order chi connectivity index (χ0) is 20.4. The number of amides is 1. The third kappa shape index (κ3) is 7.20. The summed E-state index contributed by atoms with van der Waals surface area (Å²) in [6.07, 6.45) is -0.762. The number of nitrogens with zero attached hydrogens (tertiary/aromatic N) is 1. The number of ether oxygens (including phenoxy) is 2. The second-order valence-electron chi connectivity index (χ2n) is 5.63. The van der Waals surface area contributed by atoms with E-state index in [1.54, 1.807) is 6.07 Å². The molecule has 0 spiro atoms. The summed E-state index contributed by atoms with van der Waals surface area (Å²) in [5.74, 6) is -0.529. The third-order valence-electron chi connectivity index (χ3n) is 3.63. The van der Waals surface area contributed by atoms with Crippen molar-refractivity contribution in [2.24, 2.45) is 0 Å². The fourth-order valence-corrected chi connectivity index (χ4v) is 4.45. The maximum Gasteiger partial charge on any atom is 0.408 e. The van der Waals surface area contributed by atoms with Crippen LogP contribution in [0.25, 0.3) is 0 Å². The standard InChI is InChI=1S/C18H20N2O6S2/c1-25-17(21)14(19-18(22)26-11-13-6-3-2-4-7-13)12-28-16(10-20(23)24)15-8-5-9-27-15/h2-9,14,16H,10-12H2,1H3,(H,19,22)/t14-,16?/m0/s1. The van der Waals surface area contributed by atoms with Gasteiger partial charge in [-0.05, 0) is 17.0 Å². The predicted molar refractivity (Wildman–Crippen MR) is 107 cm³/mol. The fourth-order valence-electron chi connectivity index (χ4n) is 2.26. The van der Waals surface area contributed by atoms with Gasteiger partial charge in [0.2, 0.25) is 6.54 Å². The van der Waals surface area contributed by atoms with Gasteiger partial charge in [-0.25, -0.2) is 9.59 Å². The van der Waals surface area contributed by atoms with Crippen LogP contribution in [0.5, 0.6) is 0 Å². The molecule has 8 nitrogen and oxygen atoms in total. The smallest absolute Gasteiger partial charge is 0.408 e. The number of hydrogen-bond donors (Lipinski definition) is 1. The van der Waals surface area contributed by atoms with Crippen molar-refractivity contribution in [3.63, 3.8) is 0 Å². The molecule has 0 saturated carbocycles. The number of rotatable bonds is 10. The van der Waals surface area contributed by atoms with Crippen LogP contribution in [0.1, 0.15) is 15.7 Å². The predicted octanol–water partition coefficient (Wildman–Crippen LogP) is 3.27. The fraction of sp³-hybridized carbons (Fsp3) is 0.333. The summed E-state index contributed by atoms with van der Waals surface area (Å²) < 4.78 is 9.85. The quantitative estimate of drug-likeness (QED) is 0.354. The molecule has 28 heavy (non-hydrogen) atoms. The van der Waals surface area contributed by atoms with Crippen LogP contribution >= 0.6 is 23.1 Å². The molecule has 1 amide bonds. The molecule has 0 bridgehead atoms. The van der Waals surface area contributed by atoms with Crippen LogP contribution in [0.2, 0.25) is 0 Å². The Morgan fingerprint density at radius 1 is 1.25 bits per heavy atom. The van der Waals surface area contributed by atoms with Crippen LogP contribution in [-0.4, -0.2) is 42.4 Å². The number of thioether (sulfide) groups is 1. The third-order valence-corrected chi connectivity index (χ3v) is 6.10. The Morgan fingerprint density at radius 3 is 2.61 bits per heavy atom. The number of alkyl carbamates (subject to hydrolysis) is 1. The highest BCUT2D eigenvalue weighted by Gasteiger charge is 2.27. The summed E-state index contributed by atoms with van der Waals surface area (Å²) >= 11 is 2.62. The van der Waals surface area contributed by atoms with E-state index in [1.165, 1.54) is 30.2 Å². The Hall–Kier alpha value is -2.59. The molecule has 0 aliphatic carbocycles. The number of thiophene rings is 1. The van der Waals surface area contributed by atoms with Crippen molar-refractivity contribution in [3.05, 3.63) is 68.4 Å². The van der Waals surface area contributed by atoms with Gasteiger partial charge >= 0.3 is 12.1 Å². The minimum atomic E-state index is -0.979. The number of esters is 1. The van der Waals surface area contributed by atoms with Crippen molar-refractivity contribution in [1.82, 2.24) is 5.32 Å². The highest BCUT2D eigenvalue weighted by Crippen LogP contribution is 2.32. The van der Waals surface area contributed by atoms with E-state index in [1.807, 2.05) is 41.8 Å². The number of carbonyl (C=O) groups is 2. The van der Waals surface area contributed by atoms with E-state index in [0.29, 0.717) is 0 Å². The lowest BCUT2D eigenvalue weighted by molar-refractivity contribution is -0.479. The number of carbonyl (C=O) groups excluding carboxylic acids is 2. The molecule has 0 radical (unpaired) electrons. The molecule has 2 aromatic rings. The molecule has 1 heterocycles. The van der Waals surface area contributed by atoms with Gasteiger partial charge in [0.25, 0.3) is 0 Å². The Morgan fingerprint density at radius 2 is 2.00 bits per heavy atom. The van der Waals surface area contributed by atoms with Crippen LogP contribution in [-0.2, 0) is 20.9 Å². The highest BCUT2D eigenvalue weighted by molar-refractivity contribution is 7.99. The maximum absolute atomic E-state index is 12.0. The van der Waals surface area contributed by atoms with Crippen LogP contribution in [0.4, 0.5) is 4.79 Å².